The number of aryl methyl sites for hydroxylation is 4. The fourth-order valence-electron chi connectivity index (χ4n) is 20.2. The normalized spacial score (nSPS) is 15.8. The van der Waals surface area contributed by atoms with Crippen molar-refractivity contribution in [3.63, 3.8) is 0 Å². The van der Waals surface area contributed by atoms with Gasteiger partial charge in [-0.05, 0) is 330 Å². The lowest BCUT2D eigenvalue weighted by molar-refractivity contribution is 0.0802. The average molecular weight is 1950 g/mol. The number of fused-ring (bicyclic) bond motifs is 4. The Morgan fingerprint density at radius 3 is 0.861 bits per heavy atom. The first-order valence-corrected chi connectivity index (χ1v) is 53.2. The largest absolute Gasteiger partial charge is 0.493 e. The summed E-state index contributed by atoms with van der Waals surface area (Å²) in [7, 11) is 14.0. The van der Waals surface area contributed by atoms with Crippen LogP contribution >= 0.6 is 24.8 Å². The lowest BCUT2D eigenvalue weighted by atomic mass is 9.88. The molecule has 0 spiro atoms. The van der Waals surface area contributed by atoms with Crippen molar-refractivity contribution < 1.29 is 51.7 Å². The van der Waals surface area contributed by atoms with Crippen LogP contribution in [0.2, 0.25) is 5.04 Å². The summed E-state index contributed by atoms with van der Waals surface area (Å²) in [5, 5.41) is 47.6. The zero-order chi connectivity index (χ0) is 96.9. The van der Waals surface area contributed by atoms with Gasteiger partial charge in [0, 0.05) is 98.0 Å². The summed E-state index contributed by atoms with van der Waals surface area (Å²) in [6.45, 7) is 48.1. The van der Waals surface area contributed by atoms with Crippen LogP contribution in [0.15, 0.2) is 127 Å². The minimum absolute atomic E-state index is 0. The first kappa shape index (κ1) is 113. The monoisotopic (exact) mass is 1950 g/mol. The Labute approximate surface area is 835 Å². The SMILES string of the molecule is CCCOc1ccc2c(CCC3CCN(CC(C)(C)CO)CC3)noc2c1CN(C)C.CCCOc1ccc2c(CCC3CCN(CC(C)(C)CO)CC3)noc2c1CN(C)C.CCCOc1ccc2c(CCC3CCN(CC(C)(C)CO[Si](c4ccccc4)(c4ccccc4)C(C)(C)C)CC3)noc2c1CN(C)C.CCCOc1ccc2c(CCC3CCNCC3)noc2c1CN(C)C.Cl.Cl. The van der Waals surface area contributed by atoms with Crippen molar-refractivity contribution in [1.82, 2.24) is 60.2 Å². The van der Waals surface area contributed by atoms with Crippen LogP contribution in [0.5, 0.6) is 23.0 Å². The summed E-state index contributed by atoms with van der Waals surface area (Å²) < 4.78 is 54.7. The van der Waals surface area contributed by atoms with Gasteiger partial charge in [-0.25, -0.2) is 0 Å². The van der Waals surface area contributed by atoms with E-state index in [9.17, 15) is 10.2 Å². The number of aliphatic hydroxyl groups excluding tert-OH is 2. The van der Waals surface area contributed by atoms with Gasteiger partial charge in [0.15, 0.2) is 22.3 Å². The van der Waals surface area contributed by atoms with Crippen LogP contribution in [0.3, 0.4) is 0 Å². The molecule has 6 aromatic carbocycles. The molecule has 0 saturated carbocycles. The van der Waals surface area contributed by atoms with Gasteiger partial charge in [0.1, 0.15) is 23.0 Å². The molecule has 4 aliphatic rings. The number of hydrogen-bond donors (Lipinski definition) is 3. The lowest BCUT2D eigenvalue weighted by Gasteiger charge is -2.45. The molecule has 3 N–H and O–H groups in total. The number of likely N-dealkylation sites (tertiary alicyclic amines) is 3. The highest BCUT2D eigenvalue weighted by Crippen LogP contribution is 2.42. The Hall–Kier alpha value is -7.24. The van der Waals surface area contributed by atoms with E-state index in [-0.39, 0.29) is 59.3 Å². The number of piperidine rings is 4. The molecule has 10 aromatic rings. The van der Waals surface area contributed by atoms with Crippen molar-refractivity contribution in [2.24, 2.45) is 39.9 Å². The number of ether oxygens (including phenoxy) is 4. The minimum atomic E-state index is -2.56. The second-order valence-corrected chi connectivity index (χ2v) is 48.1. The van der Waals surface area contributed by atoms with Gasteiger partial charge in [0.05, 0.1) is 71.5 Å². The van der Waals surface area contributed by atoms with Crippen molar-refractivity contribution in [2.75, 3.05) is 175 Å². The number of halogens is 2. The Morgan fingerprint density at radius 1 is 0.365 bits per heavy atom. The van der Waals surface area contributed by atoms with Crippen molar-refractivity contribution in [2.45, 2.75) is 250 Å². The van der Waals surface area contributed by atoms with E-state index in [0.29, 0.717) is 25.7 Å². The minimum Gasteiger partial charge on any atom is -0.493 e. The van der Waals surface area contributed by atoms with Crippen LogP contribution in [-0.2, 0) is 56.3 Å². The molecular formula is C111H174Cl2N12O11Si. The first-order valence-electron chi connectivity index (χ1n) is 51.3. The molecule has 4 saturated heterocycles. The Balaban J connectivity index is 0.000000210. The number of nitrogens with one attached hydrogen (secondary N) is 1. The van der Waals surface area contributed by atoms with Crippen LogP contribution in [0.1, 0.15) is 238 Å². The molecule has 0 atom stereocenters. The highest BCUT2D eigenvalue weighted by atomic mass is 35.5. The van der Waals surface area contributed by atoms with E-state index in [1.165, 1.54) is 68.2 Å². The summed E-state index contributed by atoms with van der Waals surface area (Å²) in [4.78, 5) is 16.3. The van der Waals surface area contributed by atoms with E-state index in [4.69, 9.17) is 41.5 Å². The molecule has 137 heavy (non-hydrogen) atoms. The van der Waals surface area contributed by atoms with Crippen molar-refractivity contribution in [1.29, 1.82) is 0 Å². The predicted octanol–water partition coefficient (Wildman–Crippen LogP) is 21.1. The first-order chi connectivity index (χ1) is 64.8. The fraction of sp³-hybridized carbons (Fsp3) is 0.640. The molecule has 0 amide bonds. The van der Waals surface area contributed by atoms with Gasteiger partial charge in [-0.1, -0.05) is 171 Å². The van der Waals surface area contributed by atoms with Crippen molar-refractivity contribution >= 4 is 87.4 Å². The highest BCUT2D eigenvalue weighted by molar-refractivity contribution is 6.99. The summed E-state index contributed by atoms with van der Waals surface area (Å²) in [5.74, 6) is 6.62. The summed E-state index contributed by atoms with van der Waals surface area (Å²) in [6, 6.07) is 38.9. The van der Waals surface area contributed by atoms with Gasteiger partial charge in [-0.15, -0.1) is 24.8 Å². The molecule has 4 aromatic heterocycles. The zero-order valence-corrected chi connectivity index (χ0v) is 90.3. The maximum absolute atomic E-state index is 9.53. The topological polar surface area (TPSA) is 225 Å². The quantitative estimate of drug-likeness (QED) is 0.0302. The molecule has 4 fully saturated rings. The number of aliphatic hydroxyl groups is 2. The molecule has 762 valence electrons. The third-order valence-electron chi connectivity index (χ3n) is 27.5. The van der Waals surface area contributed by atoms with Crippen LogP contribution in [0, 0.1) is 39.9 Å². The molecule has 4 aliphatic heterocycles. The molecule has 14 rings (SSSR count). The molecular weight excluding hydrogens is 1780 g/mol. The summed E-state index contributed by atoms with van der Waals surface area (Å²) in [5.41, 5.74) is 12.2. The fourth-order valence-corrected chi connectivity index (χ4v) is 25.0. The number of hydrogen-bond acceptors (Lipinski definition) is 23. The molecule has 0 radical (unpaired) electrons. The van der Waals surface area contributed by atoms with Crippen molar-refractivity contribution in [3.05, 3.63) is 154 Å². The molecule has 8 heterocycles. The van der Waals surface area contributed by atoms with Crippen LogP contribution in [-0.4, -0.2) is 248 Å². The molecule has 0 bridgehead atoms. The van der Waals surface area contributed by atoms with E-state index < -0.39 is 8.32 Å². The number of rotatable bonds is 45. The van der Waals surface area contributed by atoms with E-state index in [1.54, 1.807) is 0 Å². The van der Waals surface area contributed by atoms with Gasteiger partial charge in [-0.3, -0.25) is 0 Å². The van der Waals surface area contributed by atoms with Crippen LogP contribution < -0.4 is 34.6 Å². The molecule has 0 unspecified atom stereocenters. The highest BCUT2D eigenvalue weighted by Gasteiger charge is 2.51. The smallest absolute Gasteiger partial charge is 0.261 e. The van der Waals surface area contributed by atoms with Gasteiger partial charge in [0.25, 0.3) is 8.32 Å². The van der Waals surface area contributed by atoms with Crippen LogP contribution in [0.25, 0.3) is 43.9 Å². The maximum Gasteiger partial charge on any atom is 0.261 e. The standard InChI is InChI=1S/C41H59N3O3Si.2C25H41N3O3.C20H31N3O2.2ClH/c1-9-28-45-38-23-21-35-37(42-47-39(35)36(38)29-43(7)8)22-20-32-24-26-44(27-25-32)30-41(5,6)31-46-48(40(2,3)4,33-16-12-10-13-17-33)34-18-14-11-15-19-34;2*1-6-15-30-23-10-8-20-22(26-31-24(20)21(23)16-27(4)5)9-7-19-11-13-28(14-12-19)17-25(2,3)18-29;1-4-13-24-19-8-6-16-18(7-5-15-9-11-21-12-10-15)22-25-20(16)17(19)14-23(2)3;;/h10-19,21,23,32H,9,20,22,24-31H2,1-8H3;2*8,10,19,29H,6-7,9,11-18H2,1-5H3;6,8,15,21H,4-5,7,9-14H2,1-3H3;2*1H. The number of nitrogens with zero attached hydrogens (tertiary/aromatic N) is 11. The van der Waals surface area contributed by atoms with Gasteiger partial charge in [-0.2, -0.15) is 0 Å². The second kappa shape index (κ2) is 54.8. The molecule has 23 nitrogen and oxygen atoms in total. The average Bonchev–Trinajstić information content (AvgIpc) is 0.962. The Morgan fingerprint density at radius 2 is 0.620 bits per heavy atom. The Bertz CT molecular complexity index is 4960. The van der Waals surface area contributed by atoms with E-state index in [1.807, 2.05) is 0 Å². The van der Waals surface area contributed by atoms with E-state index in [2.05, 4.69) is 316 Å². The Kier molecular flexibility index (Phi) is 45.4. The van der Waals surface area contributed by atoms with Crippen molar-refractivity contribution in [3.8, 4) is 23.0 Å². The number of benzene rings is 6. The summed E-state index contributed by atoms with van der Waals surface area (Å²) >= 11 is 0. The third-order valence-corrected chi connectivity index (χ3v) is 32.5. The van der Waals surface area contributed by atoms with Gasteiger partial charge < -0.3 is 91.3 Å². The zero-order valence-electron chi connectivity index (χ0n) is 87.7. The molecule has 26 heteroatoms. The summed E-state index contributed by atoms with van der Waals surface area (Å²) in [6.07, 6.45) is 22.3. The van der Waals surface area contributed by atoms with Crippen LogP contribution in [0.4, 0.5) is 0 Å². The van der Waals surface area contributed by atoms with E-state index >= 15 is 0 Å². The predicted molar refractivity (Wildman–Crippen MR) is 569 cm³/mol. The van der Waals surface area contributed by atoms with Gasteiger partial charge in [0.2, 0.25) is 0 Å². The molecule has 0 aliphatic carbocycles. The lowest BCUT2D eigenvalue weighted by Crippen LogP contribution is -2.67. The van der Waals surface area contributed by atoms with Gasteiger partial charge >= 0.3 is 0 Å². The number of aromatic nitrogens is 4. The second-order valence-electron chi connectivity index (χ2n) is 43.8. The van der Waals surface area contributed by atoms with E-state index in [0.717, 1.165) is 312 Å². The maximum atomic E-state index is 9.53. The third kappa shape index (κ3) is 32.6.